The van der Waals surface area contributed by atoms with Crippen molar-refractivity contribution in [2.45, 2.75) is 19.9 Å². The number of rotatable bonds is 5. The predicted molar refractivity (Wildman–Crippen MR) is 122 cm³/mol. The van der Waals surface area contributed by atoms with E-state index in [0.717, 1.165) is 18.1 Å². The first-order valence-electron chi connectivity index (χ1n) is 10.6. The number of nitrogens with zero attached hydrogens (tertiary/aromatic N) is 3. The fourth-order valence-corrected chi connectivity index (χ4v) is 3.79. The lowest BCUT2D eigenvalue weighted by atomic mass is 10.0. The van der Waals surface area contributed by atoms with Crippen LogP contribution in [0.4, 0.5) is 8.78 Å². The van der Waals surface area contributed by atoms with E-state index in [1.54, 1.807) is 0 Å². The third kappa shape index (κ3) is 3.89. The van der Waals surface area contributed by atoms with Crippen molar-refractivity contribution < 1.29 is 8.78 Å². The summed E-state index contributed by atoms with van der Waals surface area (Å²) >= 11 is 0. The average molecular weight is 425 g/mol. The molecule has 0 N–H and O–H groups in total. The molecule has 0 unspecified atom stereocenters. The molecule has 2 heterocycles. The van der Waals surface area contributed by atoms with Crippen molar-refractivity contribution in [3.8, 4) is 33.9 Å². The number of imidazole rings is 1. The Kier molecular flexibility index (Phi) is 5.23. The molecule has 0 saturated carbocycles. The molecule has 0 fully saturated rings. The zero-order valence-electron chi connectivity index (χ0n) is 17.6. The molecular formula is C27H21F2N3. The number of pyridine rings is 1. The molecule has 0 saturated heterocycles. The molecule has 0 bridgehead atoms. The number of aryl methyl sites for hydroxylation is 1. The quantitative estimate of drug-likeness (QED) is 0.317. The highest BCUT2D eigenvalue weighted by Gasteiger charge is 2.17. The number of halogens is 2. The first-order chi connectivity index (χ1) is 15.6. The van der Waals surface area contributed by atoms with Crippen LogP contribution < -0.4 is 0 Å². The molecule has 0 atom stereocenters. The highest BCUT2D eigenvalue weighted by Crippen LogP contribution is 2.28. The molecule has 0 radical (unpaired) electrons. The summed E-state index contributed by atoms with van der Waals surface area (Å²) in [7, 11) is 0. The summed E-state index contributed by atoms with van der Waals surface area (Å²) in [6, 6.07) is 23.0. The van der Waals surface area contributed by atoms with Gasteiger partial charge in [-0.2, -0.15) is 0 Å². The van der Waals surface area contributed by atoms with Gasteiger partial charge in [0.15, 0.2) is 17.5 Å². The van der Waals surface area contributed by atoms with E-state index in [-0.39, 0.29) is 11.4 Å². The van der Waals surface area contributed by atoms with Crippen LogP contribution in [0.3, 0.4) is 0 Å². The molecule has 3 aromatic rings. The second-order valence-corrected chi connectivity index (χ2v) is 7.78. The first kappa shape index (κ1) is 20.1. The van der Waals surface area contributed by atoms with Gasteiger partial charge in [-0.05, 0) is 46.9 Å². The molecule has 5 heteroatoms. The highest BCUT2D eigenvalue weighted by molar-refractivity contribution is 5.66. The van der Waals surface area contributed by atoms with Gasteiger partial charge in [-0.1, -0.05) is 61.5 Å². The molecule has 0 spiro atoms. The Morgan fingerprint density at radius 2 is 1.41 bits per heavy atom. The Labute approximate surface area is 185 Å². The number of hydrogen-bond acceptors (Lipinski definition) is 2. The molecule has 2 aliphatic heterocycles. The van der Waals surface area contributed by atoms with Crippen molar-refractivity contribution in [1.29, 1.82) is 0 Å². The lowest BCUT2D eigenvalue weighted by molar-refractivity contribution is 0.510. The third-order valence-corrected chi connectivity index (χ3v) is 5.63. The van der Waals surface area contributed by atoms with Crippen LogP contribution in [0.2, 0.25) is 0 Å². The molecule has 3 nitrogen and oxygen atoms in total. The van der Waals surface area contributed by atoms with Crippen molar-refractivity contribution in [2.75, 3.05) is 0 Å². The topological polar surface area (TPSA) is 30.7 Å². The Bertz CT molecular complexity index is 1340. The van der Waals surface area contributed by atoms with E-state index >= 15 is 0 Å². The van der Waals surface area contributed by atoms with Gasteiger partial charge in [0, 0.05) is 18.9 Å². The summed E-state index contributed by atoms with van der Waals surface area (Å²) in [5.41, 5.74) is 6.21. The highest BCUT2D eigenvalue weighted by atomic mass is 19.2. The smallest absolute Gasteiger partial charge is 0.169 e. The Balaban J connectivity index is 1.37. The van der Waals surface area contributed by atoms with Gasteiger partial charge in [-0.25, -0.2) is 18.7 Å². The van der Waals surface area contributed by atoms with Gasteiger partial charge >= 0.3 is 0 Å². The van der Waals surface area contributed by atoms with Crippen LogP contribution in [-0.4, -0.2) is 14.5 Å². The molecule has 2 aliphatic rings. The maximum Gasteiger partial charge on any atom is 0.169 e. The van der Waals surface area contributed by atoms with Crippen LogP contribution in [0.15, 0.2) is 85.2 Å². The SMILES string of the molecule is CCc1ccc(-c2ccc(Cn3ccc4nc(-c5cccc(F)c5F)nc-4c3)cc2)cc1. The van der Waals surface area contributed by atoms with Crippen molar-refractivity contribution in [3.63, 3.8) is 0 Å². The molecule has 0 aliphatic carbocycles. The minimum Gasteiger partial charge on any atom is -0.348 e. The molecule has 3 aromatic carbocycles. The van der Waals surface area contributed by atoms with Crippen LogP contribution in [0.1, 0.15) is 18.1 Å². The van der Waals surface area contributed by atoms with Gasteiger partial charge in [-0.15, -0.1) is 0 Å². The van der Waals surface area contributed by atoms with Crippen LogP contribution in [0, 0.1) is 11.6 Å². The standard InChI is InChI=1S/C27H21F2N3/c1-2-18-6-10-20(11-7-18)21-12-8-19(9-13-21)16-32-15-14-24-25(17-32)31-27(30-24)22-4-3-5-23(28)26(22)29/h3-15,17H,2,16H2,1H3. The number of aromatic nitrogens is 3. The summed E-state index contributed by atoms with van der Waals surface area (Å²) in [4.78, 5) is 8.78. The van der Waals surface area contributed by atoms with E-state index in [4.69, 9.17) is 0 Å². The number of fused-ring (bicyclic) bond motifs is 1. The maximum atomic E-state index is 14.1. The Morgan fingerprint density at radius 3 is 2.09 bits per heavy atom. The van der Waals surface area contributed by atoms with E-state index in [1.165, 1.54) is 28.8 Å². The van der Waals surface area contributed by atoms with Crippen molar-refractivity contribution in [3.05, 3.63) is 108 Å². The zero-order valence-corrected chi connectivity index (χ0v) is 17.6. The minimum atomic E-state index is -0.930. The summed E-state index contributed by atoms with van der Waals surface area (Å²) in [5.74, 6) is -1.65. The summed E-state index contributed by atoms with van der Waals surface area (Å²) < 4.78 is 29.7. The van der Waals surface area contributed by atoms with Gasteiger partial charge in [0.1, 0.15) is 5.69 Å². The number of hydrogen-bond donors (Lipinski definition) is 0. The van der Waals surface area contributed by atoms with Crippen LogP contribution in [0.25, 0.3) is 33.9 Å². The van der Waals surface area contributed by atoms with Gasteiger partial charge < -0.3 is 4.57 Å². The Hall–Kier alpha value is -3.86. The molecule has 5 rings (SSSR count). The third-order valence-electron chi connectivity index (χ3n) is 5.63. The van der Waals surface area contributed by atoms with Crippen LogP contribution >= 0.6 is 0 Å². The molecule has 0 amide bonds. The summed E-state index contributed by atoms with van der Waals surface area (Å²) in [6.07, 6.45) is 4.83. The largest absolute Gasteiger partial charge is 0.348 e. The summed E-state index contributed by atoms with van der Waals surface area (Å²) in [5, 5.41) is 0. The number of benzene rings is 3. The molecule has 0 aromatic heterocycles. The van der Waals surface area contributed by atoms with E-state index in [0.29, 0.717) is 17.9 Å². The lowest BCUT2D eigenvalue weighted by Gasteiger charge is -2.09. The summed E-state index contributed by atoms with van der Waals surface area (Å²) in [6.45, 7) is 2.82. The van der Waals surface area contributed by atoms with E-state index < -0.39 is 11.6 Å². The first-order valence-corrected chi connectivity index (χ1v) is 10.6. The second kappa shape index (κ2) is 8.35. The van der Waals surface area contributed by atoms with Crippen molar-refractivity contribution in [2.24, 2.45) is 0 Å². The van der Waals surface area contributed by atoms with Crippen molar-refractivity contribution >= 4 is 0 Å². The zero-order chi connectivity index (χ0) is 22.1. The minimum absolute atomic E-state index is 0.0651. The lowest BCUT2D eigenvalue weighted by Crippen LogP contribution is -2.00. The van der Waals surface area contributed by atoms with Gasteiger partial charge in [-0.3, -0.25) is 0 Å². The van der Waals surface area contributed by atoms with Crippen LogP contribution in [0.5, 0.6) is 0 Å². The molecule has 32 heavy (non-hydrogen) atoms. The monoisotopic (exact) mass is 425 g/mol. The average Bonchev–Trinajstić information content (AvgIpc) is 3.24. The van der Waals surface area contributed by atoms with E-state index in [9.17, 15) is 8.78 Å². The van der Waals surface area contributed by atoms with Gasteiger partial charge in [0.05, 0.1) is 11.3 Å². The van der Waals surface area contributed by atoms with E-state index in [2.05, 4.69) is 65.4 Å². The predicted octanol–water partition coefficient (Wildman–Crippen LogP) is 6.61. The van der Waals surface area contributed by atoms with Gasteiger partial charge in [0.25, 0.3) is 0 Å². The van der Waals surface area contributed by atoms with Gasteiger partial charge in [0.2, 0.25) is 0 Å². The van der Waals surface area contributed by atoms with E-state index in [1.807, 2.05) is 23.0 Å². The molecular weight excluding hydrogens is 404 g/mol. The van der Waals surface area contributed by atoms with Crippen LogP contribution in [-0.2, 0) is 13.0 Å². The maximum absolute atomic E-state index is 14.1. The fourth-order valence-electron chi connectivity index (χ4n) is 3.79. The fraction of sp³-hybridized carbons (Fsp3) is 0.111. The molecule has 158 valence electrons. The van der Waals surface area contributed by atoms with Crippen molar-refractivity contribution in [1.82, 2.24) is 14.5 Å². The normalized spacial score (nSPS) is 11.2. The Morgan fingerprint density at radius 1 is 0.750 bits per heavy atom. The second-order valence-electron chi connectivity index (χ2n) is 7.78.